The molecule has 2 aromatic heterocycles. The number of hydrogen-bond acceptors (Lipinski definition) is 4. The van der Waals surface area contributed by atoms with Crippen LogP contribution in [0.15, 0.2) is 52.1 Å². The molecule has 7 nitrogen and oxygen atoms in total. The molecule has 0 aliphatic carbocycles. The van der Waals surface area contributed by atoms with Crippen LogP contribution in [0.2, 0.25) is 5.02 Å². The Morgan fingerprint density at radius 1 is 1.06 bits per heavy atom. The Bertz CT molecular complexity index is 1440. The topological polar surface area (TPSA) is 65.1 Å². The minimum absolute atomic E-state index is 0.0665. The van der Waals surface area contributed by atoms with E-state index in [-0.39, 0.29) is 34.1 Å². The summed E-state index contributed by atoms with van der Waals surface area (Å²) in [6, 6.07) is 10.1. The zero-order valence-electron chi connectivity index (χ0n) is 16.3. The predicted octanol–water partition coefficient (Wildman–Crippen LogP) is 3.03. The Morgan fingerprint density at radius 3 is 2.52 bits per heavy atom. The number of imidazole rings is 1. The molecule has 0 fully saturated rings. The second-order valence-corrected chi connectivity index (χ2v) is 7.70. The van der Waals surface area contributed by atoms with Crippen molar-refractivity contribution in [2.75, 3.05) is 11.4 Å². The minimum Gasteiger partial charge on any atom is -0.310 e. The van der Waals surface area contributed by atoms with Crippen molar-refractivity contribution in [3.63, 3.8) is 0 Å². The standard InChI is InChI=1S/C21H16ClF2N5O2/c1-26-18-17(19(30)29(21(26)31)11-14-15(22)3-2-4-16(14)24)28-10-9-27(20(28)25-18)13-7-5-12(23)6-8-13/h2-8H,9-11H2,1H3. The molecule has 1 aliphatic rings. The van der Waals surface area contributed by atoms with E-state index in [0.29, 0.717) is 19.0 Å². The van der Waals surface area contributed by atoms with Gasteiger partial charge >= 0.3 is 5.69 Å². The van der Waals surface area contributed by atoms with Gasteiger partial charge in [0.2, 0.25) is 5.95 Å². The number of rotatable bonds is 3. The molecule has 0 saturated carbocycles. The van der Waals surface area contributed by atoms with Gasteiger partial charge in [-0.05, 0) is 36.4 Å². The lowest BCUT2D eigenvalue weighted by atomic mass is 10.2. The number of aryl methyl sites for hydroxylation is 1. The molecule has 0 unspecified atom stereocenters. The van der Waals surface area contributed by atoms with E-state index >= 15 is 0 Å². The van der Waals surface area contributed by atoms with Crippen molar-refractivity contribution < 1.29 is 8.78 Å². The summed E-state index contributed by atoms with van der Waals surface area (Å²) in [4.78, 5) is 32.6. The molecule has 0 N–H and O–H groups in total. The predicted molar refractivity (Wildman–Crippen MR) is 113 cm³/mol. The summed E-state index contributed by atoms with van der Waals surface area (Å²) in [6.07, 6.45) is 0. The first-order chi connectivity index (χ1) is 14.9. The van der Waals surface area contributed by atoms with Crippen LogP contribution < -0.4 is 16.1 Å². The van der Waals surface area contributed by atoms with Crippen molar-refractivity contribution in [2.24, 2.45) is 7.05 Å². The van der Waals surface area contributed by atoms with Crippen LogP contribution in [0.25, 0.3) is 11.2 Å². The lowest BCUT2D eigenvalue weighted by Gasteiger charge is -2.15. The number of hydrogen-bond donors (Lipinski definition) is 0. The molecule has 0 spiro atoms. The highest BCUT2D eigenvalue weighted by atomic mass is 35.5. The van der Waals surface area contributed by atoms with Gasteiger partial charge in [0.25, 0.3) is 5.56 Å². The average Bonchev–Trinajstić information content (AvgIpc) is 3.31. The summed E-state index contributed by atoms with van der Waals surface area (Å²) in [6.45, 7) is 0.692. The zero-order chi connectivity index (χ0) is 21.9. The molecule has 3 heterocycles. The van der Waals surface area contributed by atoms with E-state index < -0.39 is 17.1 Å². The van der Waals surface area contributed by atoms with E-state index in [9.17, 15) is 18.4 Å². The molecule has 1 aliphatic heterocycles. The quantitative estimate of drug-likeness (QED) is 0.488. The van der Waals surface area contributed by atoms with Crippen LogP contribution in [0.4, 0.5) is 20.4 Å². The van der Waals surface area contributed by atoms with Gasteiger partial charge < -0.3 is 9.47 Å². The Hall–Kier alpha value is -3.46. The van der Waals surface area contributed by atoms with Crippen molar-refractivity contribution in [3.8, 4) is 0 Å². The number of halogens is 3. The Labute approximate surface area is 179 Å². The first kappa shape index (κ1) is 19.5. The molecule has 0 bridgehead atoms. The van der Waals surface area contributed by atoms with Gasteiger partial charge in [-0.3, -0.25) is 13.9 Å². The van der Waals surface area contributed by atoms with Gasteiger partial charge in [-0.1, -0.05) is 17.7 Å². The molecule has 2 aromatic carbocycles. The summed E-state index contributed by atoms with van der Waals surface area (Å²) < 4.78 is 31.5. The summed E-state index contributed by atoms with van der Waals surface area (Å²) in [5.41, 5.74) is 0.0663. The number of benzene rings is 2. The molecule has 0 amide bonds. The van der Waals surface area contributed by atoms with E-state index in [1.807, 2.05) is 4.90 Å². The van der Waals surface area contributed by atoms with Gasteiger partial charge in [0.15, 0.2) is 11.2 Å². The molecule has 5 rings (SSSR count). The number of nitrogens with zero attached hydrogens (tertiary/aromatic N) is 5. The molecule has 0 radical (unpaired) electrons. The van der Waals surface area contributed by atoms with E-state index in [2.05, 4.69) is 4.98 Å². The molecule has 0 atom stereocenters. The zero-order valence-corrected chi connectivity index (χ0v) is 17.1. The molecule has 31 heavy (non-hydrogen) atoms. The van der Waals surface area contributed by atoms with Gasteiger partial charge in [0.1, 0.15) is 11.6 Å². The van der Waals surface area contributed by atoms with Crippen LogP contribution >= 0.6 is 11.6 Å². The van der Waals surface area contributed by atoms with Crippen LogP contribution in [-0.2, 0) is 20.1 Å². The molecular weight excluding hydrogens is 428 g/mol. The normalized spacial score (nSPS) is 13.2. The van der Waals surface area contributed by atoms with Crippen molar-refractivity contribution in [2.45, 2.75) is 13.1 Å². The Balaban J connectivity index is 1.69. The largest absolute Gasteiger partial charge is 0.332 e. The Morgan fingerprint density at radius 2 is 1.81 bits per heavy atom. The maximum absolute atomic E-state index is 14.3. The van der Waals surface area contributed by atoms with Crippen LogP contribution in [0.3, 0.4) is 0 Å². The second-order valence-electron chi connectivity index (χ2n) is 7.30. The summed E-state index contributed by atoms with van der Waals surface area (Å²) >= 11 is 6.10. The van der Waals surface area contributed by atoms with E-state index in [1.165, 1.54) is 41.9 Å². The number of fused-ring (bicyclic) bond motifs is 3. The number of anilines is 2. The van der Waals surface area contributed by atoms with Gasteiger partial charge in [-0.2, -0.15) is 4.98 Å². The van der Waals surface area contributed by atoms with Crippen LogP contribution in [-0.4, -0.2) is 25.2 Å². The highest BCUT2D eigenvalue weighted by Crippen LogP contribution is 2.31. The summed E-state index contributed by atoms with van der Waals surface area (Å²) in [5.74, 6) is -0.466. The van der Waals surface area contributed by atoms with Crippen molar-refractivity contribution in [3.05, 3.63) is 85.5 Å². The third-order valence-corrected chi connectivity index (χ3v) is 5.87. The van der Waals surface area contributed by atoms with Crippen molar-refractivity contribution in [1.82, 2.24) is 18.7 Å². The summed E-state index contributed by atoms with van der Waals surface area (Å²) in [5, 5.41) is 0.134. The fourth-order valence-corrected chi connectivity index (χ4v) is 4.15. The lowest BCUT2D eigenvalue weighted by Crippen LogP contribution is -2.40. The molecule has 0 saturated heterocycles. The third kappa shape index (κ3) is 2.96. The van der Waals surface area contributed by atoms with Gasteiger partial charge in [0.05, 0.1) is 6.54 Å². The smallest absolute Gasteiger partial charge is 0.310 e. The van der Waals surface area contributed by atoms with Crippen LogP contribution in [0, 0.1) is 11.6 Å². The fourth-order valence-electron chi connectivity index (χ4n) is 3.92. The summed E-state index contributed by atoms with van der Waals surface area (Å²) in [7, 11) is 1.51. The van der Waals surface area contributed by atoms with Crippen LogP contribution in [0.1, 0.15) is 5.56 Å². The minimum atomic E-state index is -0.623. The maximum atomic E-state index is 14.3. The first-order valence-corrected chi connectivity index (χ1v) is 9.90. The average molecular weight is 444 g/mol. The van der Waals surface area contributed by atoms with E-state index in [1.54, 1.807) is 16.7 Å². The van der Waals surface area contributed by atoms with Crippen molar-refractivity contribution >= 4 is 34.4 Å². The van der Waals surface area contributed by atoms with E-state index in [4.69, 9.17) is 11.6 Å². The molecule has 4 aromatic rings. The molecule has 10 heteroatoms. The Kier molecular flexibility index (Phi) is 4.44. The molecule has 158 valence electrons. The first-order valence-electron chi connectivity index (χ1n) is 9.53. The van der Waals surface area contributed by atoms with E-state index in [0.717, 1.165) is 10.3 Å². The van der Waals surface area contributed by atoms with Gasteiger partial charge in [0, 0.05) is 36.4 Å². The molecular formula is C21H16ClF2N5O2. The monoisotopic (exact) mass is 443 g/mol. The van der Waals surface area contributed by atoms with Gasteiger partial charge in [-0.15, -0.1) is 0 Å². The number of aromatic nitrogens is 4. The van der Waals surface area contributed by atoms with Crippen molar-refractivity contribution in [1.29, 1.82) is 0 Å². The SMILES string of the molecule is Cn1c(=O)n(Cc2c(F)cccc2Cl)c(=O)c2c1nc1n2CCN1c1ccc(F)cc1. The third-order valence-electron chi connectivity index (χ3n) is 5.52. The lowest BCUT2D eigenvalue weighted by molar-refractivity contribution is 0.582. The highest BCUT2D eigenvalue weighted by Gasteiger charge is 2.29. The second kappa shape index (κ2) is 7.05. The highest BCUT2D eigenvalue weighted by molar-refractivity contribution is 6.31. The maximum Gasteiger partial charge on any atom is 0.332 e. The van der Waals surface area contributed by atoms with Gasteiger partial charge in [-0.25, -0.2) is 13.6 Å². The van der Waals surface area contributed by atoms with Crippen LogP contribution in [0.5, 0.6) is 0 Å². The fraction of sp³-hybridized carbons (Fsp3) is 0.190.